The van der Waals surface area contributed by atoms with E-state index in [2.05, 4.69) is 21.2 Å². The summed E-state index contributed by atoms with van der Waals surface area (Å²) in [5.74, 6) is 0. The lowest BCUT2D eigenvalue weighted by Gasteiger charge is -2.09. The Hall–Kier alpha value is -0.240. The van der Waals surface area contributed by atoms with E-state index in [0.29, 0.717) is 0 Å². The van der Waals surface area contributed by atoms with Crippen LogP contribution in [0.15, 0.2) is 24.4 Å². The van der Waals surface area contributed by atoms with Gasteiger partial charge in [0, 0.05) is 5.33 Å². The molecule has 0 fully saturated rings. The predicted octanol–water partition coefficient (Wildman–Crippen LogP) is 1.59. The average molecular weight is 173 g/mol. The third kappa shape index (κ3) is 1.37. The second kappa shape index (κ2) is 2.92. The molecule has 0 atom stereocenters. The molecule has 0 amide bonds. The molecule has 8 heavy (non-hydrogen) atoms. The number of nitrogens with one attached hydrogen (secondary N) is 1. The Labute approximate surface area is 57.6 Å². The molecule has 0 unspecified atom stereocenters. The van der Waals surface area contributed by atoms with Crippen molar-refractivity contribution in [3.63, 3.8) is 0 Å². The molecule has 0 aliphatic carbocycles. The summed E-state index contributed by atoms with van der Waals surface area (Å²) >= 11 is 3.33. The number of allylic oxidation sites excluding steroid dienone is 2. The molecule has 1 nitrogen and oxygen atoms in total. The van der Waals surface area contributed by atoms with E-state index >= 15 is 0 Å². The summed E-state index contributed by atoms with van der Waals surface area (Å²) in [6.07, 6.45) is 7.92. The van der Waals surface area contributed by atoms with Gasteiger partial charge in [-0.25, -0.2) is 0 Å². The van der Waals surface area contributed by atoms with Gasteiger partial charge in [0.1, 0.15) is 0 Å². The zero-order chi connectivity index (χ0) is 5.82. The van der Waals surface area contributed by atoms with Crippen molar-refractivity contribution in [2.75, 3.05) is 5.33 Å². The van der Waals surface area contributed by atoms with Gasteiger partial charge in [-0.2, -0.15) is 0 Å². The molecular weight excluding hydrogens is 166 g/mol. The third-order valence-corrected chi connectivity index (χ3v) is 1.52. The van der Waals surface area contributed by atoms with Crippen LogP contribution in [0.1, 0.15) is 0 Å². The molecule has 1 aliphatic rings. The van der Waals surface area contributed by atoms with Crippen molar-refractivity contribution >= 4 is 15.9 Å². The van der Waals surface area contributed by atoms with Crippen molar-refractivity contribution < 1.29 is 0 Å². The van der Waals surface area contributed by atoms with Crippen LogP contribution in [0.4, 0.5) is 0 Å². The van der Waals surface area contributed by atoms with Crippen LogP contribution in [0.25, 0.3) is 0 Å². The van der Waals surface area contributed by atoms with Gasteiger partial charge in [-0.05, 0) is 12.3 Å². The monoisotopic (exact) mass is 172 g/mol. The summed E-state index contributed by atoms with van der Waals surface area (Å²) in [4.78, 5) is 0. The highest BCUT2D eigenvalue weighted by atomic mass is 79.9. The Morgan fingerprint density at radius 2 is 2.38 bits per heavy atom. The molecule has 0 saturated heterocycles. The molecule has 1 heterocycles. The van der Waals surface area contributed by atoms with Crippen LogP contribution < -0.4 is 5.32 Å². The summed E-state index contributed by atoms with van der Waals surface area (Å²) in [5.41, 5.74) is 0. The molecule has 1 N–H and O–H groups in total. The van der Waals surface area contributed by atoms with Gasteiger partial charge in [0.15, 0.2) is 0 Å². The lowest BCUT2D eigenvalue weighted by molar-refractivity contribution is 0.941. The van der Waals surface area contributed by atoms with Crippen LogP contribution in [-0.4, -0.2) is 5.33 Å². The van der Waals surface area contributed by atoms with Crippen molar-refractivity contribution in [3.05, 3.63) is 30.5 Å². The molecule has 0 spiro atoms. The molecule has 1 rings (SSSR count). The topological polar surface area (TPSA) is 12.0 Å². The standard InChI is InChI=1S/C6H7BrN/c7-5-6-3-1-2-4-8-6/h1-4,8H,5H2. The largest absolute Gasteiger partial charge is 0.379 e. The van der Waals surface area contributed by atoms with Gasteiger partial charge in [-0.15, -0.1) is 0 Å². The summed E-state index contributed by atoms with van der Waals surface area (Å²) in [5, 5.41) is 3.97. The SMILES string of the molecule is BrC[C]1C=CC=CN1. The fourth-order valence-corrected chi connectivity index (χ4v) is 0.862. The minimum absolute atomic E-state index is 0.897. The highest BCUT2D eigenvalue weighted by Gasteiger charge is 1.99. The second-order valence-electron chi connectivity index (χ2n) is 1.52. The van der Waals surface area contributed by atoms with Crippen LogP contribution >= 0.6 is 15.9 Å². The fourth-order valence-electron chi connectivity index (χ4n) is 0.514. The third-order valence-electron chi connectivity index (χ3n) is 0.917. The minimum Gasteiger partial charge on any atom is -0.379 e. The number of rotatable bonds is 1. The smallest absolute Gasteiger partial charge is 0.0927 e. The average Bonchev–Trinajstić information content (AvgIpc) is 1.90. The van der Waals surface area contributed by atoms with E-state index in [1.807, 2.05) is 24.4 Å². The van der Waals surface area contributed by atoms with Gasteiger partial charge in [0.05, 0.1) is 6.04 Å². The Kier molecular flexibility index (Phi) is 2.15. The quantitative estimate of drug-likeness (QED) is 0.593. The first-order chi connectivity index (χ1) is 3.93. The predicted molar refractivity (Wildman–Crippen MR) is 38.5 cm³/mol. The normalized spacial score (nSPS) is 18.6. The van der Waals surface area contributed by atoms with Gasteiger partial charge in [-0.1, -0.05) is 28.1 Å². The highest BCUT2D eigenvalue weighted by molar-refractivity contribution is 9.09. The molecule has 2 heteroatoms. The zero-order valence-electron chi connectivity index (χ0n) is 4.39. The summed E-state index contributed by atoms with van der Waals surface area (Å²) < 4.78 is 0. The van der Waals surface area contributed by atoms with Crippen LogP contribution in [0.3, 0.4) is 0 Å². The van der Waals surface area contributed by atoms with E-state index < -0.39 is 0 Å². The Morgan fingerprint density at radius 3 is 2.75 bits per heavy atom. The first-order valence-electron chi connectivity index (χ1n) is 2.45. The lowest BCUT2D eigenvalue weighted by atomic mass is 10.2. The van der Waals surface area contributed by atoms with Crippen molar-refractivity contribution in [3.8, 4) is 0 Å². The second-order valence-corrected chi connectivity index (χ2v) is 2.08. The Balaban J connectivity index is 2.40. The van der Waals surface area contributed by atoms with E-state index in [1.165, 1.54) is 6.04 Å². The van der Waals surface area contributed by atoms with E-state index in [0.717, 1.165) is 5.33 Å². The van der Waals surface area contributed by atoms with E-state index in [4.69, 9.17) is 0 Å². The molecule has 0 aromatic heterocycles. The van der Waals surface area contributed by atoms with Crippen LogP contribution in [0.2, 0.25) is 0 Å². The van der Waals surface area contributed by atoms with E-state index in [1.54, 1.807) is 0 Å². The van der Waals surface area contributed by atoms with E-state index in [9.17, 15) is 0 Å². The van der Waals surface area contributed by atoms with Gasteiger partial charge in [0.2, 0.25) is 0 Å². The molecule has 0 bridgehead atoms. The molecule has 43 valence electrons. The van der Waals surface area contributed by atoms with Crippen LogP contribution in [0.5, 0.6) is 0 Å². The van der Waals surface area contributed by atoms with Crippen molar-refractivity contribution in [1.82, 2.24) is 5.32 Å². The number of hydrogen-bond donors (Lipinski definition) is 1. The highest BCUT2D eigenvalue weighted by Crippen LogP contribution is 2.04. The van der Waals surface area contributed by atoms with Gasteiger partial charge in [-0.3, -0.25) is 0 Å². The molecule has 1 radical (unpaired) electrons. The van der Waals surface area contributed by atoms with Crippen LogP contribution in [0, 0.1) is 6.04 Å². The van der Waals surface area contributed by atoms with Gasteiger partial charge < -0.3 is 5.32 Å². The Morgan fingerprint density at radius 1 is 1.50 bits per heavy atom. The molecule has 0 saturated carbocycles. The number of halogens is 1. The maximum absolute atomic E-state index is 3.33. The first-order valence-corrected chi connectivity index (χ1v) is 3.57. The maximum Gasteiger partial charge on any atom is 0.0927 e. The molecular formula is C6H7BrN. The van der Waals surface area contributed by atoms with Gasteiger partial charge >= 0.3 is 0 Å². The van der Waals surface area contributed by atoms with Crippen LogP contribution in [-0.2, 0) is 0 Å². The summed E-state index contributed by atoms with van der Waals surface area (Å²) in [7, 11) is 0. The summed E-state index contributed by atoms with van der Waals surface area (Å²) in [6, 6.07) is 1.20. The van der Waals surface area contributed by atoms with Crippen molar-refractivity contribution in [1.29, 1.82) is 0 Å². The first kappa shape index (κ1) is 5.89. The Bertz CT molecular complexity index is 118. The number of hydrogen-bond acceptors (Lipinski definition) is 1. The minimum atomic E-state index is 0.897. The fraction of sp³-hybridized carbons (Fsp3) is 0.167. The summed E-state index contributed by atoms with van der Waals surface area (Å²) in [6.45, 7) is 0. The number of alkyl halides is 1. The molecule has 1 aliphatic heterocycles. The van der Waals surface area contributed by atoms with E-state index in [-0.39, 0.29) is 0 Å². The maximum atomic E-state index is 3.33. The van der Waals surface area contributed by atoms with Crippen molar-refractivity contribution in [2.45, 2.75) is 0 Å². The molecule has 0 aromatic carbocycles. The van der Waals surface area contributed by atoms with Crippen molar-refractivity contribution in [2.24, 2.45) is 0 Å². The molecule has 0 aromatic rings. The van der Waals surface area contributed by atoms with Gasteiger partial charge in [0.25, 0.3) is 0 Å². The lowest BCUT2D eigenvalue weighted by Crippen LogP contribution is -2.15. The number of dihydropyridines is 1. The zero-order valence-corrected chi connectivity index (χ0v) is 5.98.